The molecule has 4 heteroatoms. The molecule has 1 N–H and O–H groups in total. The summed E-state index contributed by atoms with van der Waals surface area (Å²) in [5.41, 5.74) is 2.52. The maximum absolute atomic E-state index is 5.60. The molecule has 2 aliphatic carbocycles. The smallest absolute Gasteiger partial charge is 0.165 e. The Morgan fingerprint density at radius 1 is 1.40 bits per heavy atom. The second-order valence-corrected chi connectivity index (χ2v) is 7.12. The predicted molar refractivity (Wildman–Crippen MR) is 81.3 cm³/mol. The van der Waals surface area contributed by atoms with E-state index in [-0.39, 0.29) is 0 Å². The number of thiazole rings is 1. The fourth-order valence-corrected chi connectivity index (χ4v) is 4.23. The monoisotopic (exact) mass is 288 g/mol. The second-order valence-electron chi connectivity index (χ2n) is 6.03. The van der Waals surface area contributed by atoms with Gasteiger partial charge in [0.25, 0.3) is 0 Å². The van der Waals surface area contributed by atoms with Crippen molar-refractivity contribution in [3.05, 3.63) is 28.5 Å². The molecule has 4 rings (SSSR count). The predicted octanol–water partition coefficient (Wildman–Crippen LogP) is 3.88. The van der Waals surface area contributed by atoms with Crippen LogP contribution in [0.5, 0.6) is 0 Å². The minimum absolute atomic E-state index is 0.597. The Balaban J connectivity index is 1.60. The van der Waals surface area contributed by atoms with E-state index >= 15 is 0 Å². The van der Waals surface area contributed by atoms with E-state index in [1.165, 1.54) is 48.2 Å². The molecule has 2 aliphatic rings. The molecule has 0 spiro atoms. The molecule has 0 radical (unpaired) electrons. The maximum atomic E-state index is 5.60. The fourth-order valence-electron chi connectivity index (χ4n) is 2.99. The van der Waals surface area contributed by atoms with Gasteiger partial charge in [0.15, 0.2) is 10.8 Å². The van der Waals surface area contributed by atoms with Gasteiger partial charge in [0.05, 0.1) is 12.0 Å². The van der Waals surface area contributed by atoms with Gasteiger partial charge in [0.2, 0.25) is 0 Å². The van der Waals surface area contributed by atoms with Crippen LogP contribution in [0.3, 0.4) is 0 Å². The summed E-state index contributed by atoms with van der Waals surface area (Å²) in [7, 11) is 0. The molecule has 0 aliphatic heterocycles. The van der Waals surface area contributed by atoms with E-state index in [1.54, 1.807) is 6.26 Å². The molecular weight excluding hydrogens is 268 g/mol. The van der Waals surface area contributed by atoms with E-state index in [4.69, 9.17) is 9.40 Å². The molecule has 0 bridgehead atoms. The molecule has 106 valence electrons. The van der Waals surface area contributed by atoms with Crippen molar-refractivity contribution in [1.29, 1.82) is 0 Å². The number of aromatic nitrogens is 1. The van der Waals surface area contributed by atoms with Crippen molar-refractivity contribution >= 4 is 11.3 Å². The third-order valence-corrected chi connectivity index (χ3v) is 5.49. The van der Waals surface area contributed by atoms with Crippen LogP contribution in [0.1, 0.15) is 47.7 Å². The van der Waals surface area contributed by atoms with Crippen LogP contribution < -0.4 is 5.32 Å². The number of aryl methyl sites for hydroxylation is 2. The van der Waals surface area contributed by atoms with Crippen molar-refractivity contribution in [3.63, 3.8) is 0 Å². The number of rotatable bonds is 4. The van der Waals surface area contributed by atoms with Crippen molar-refractivity contribution in [1.82, 2.24) is 10.3 Å². The molecule has 2 aromatic rings. The molecule has 0 aromatic carbocycles. The molecular formula is C16H20N2OS. The summed E-state index contributed by atoms with van der Waals surface area (Å²) in [6.07, 6.45) is 8.22. The number of nitrogens with one attached hydrogen (secondary N) is 1. The van der Waals surface area contributed by atoms with Crippen LogP contribution in [-0.2, 0) is 6.42 Å². The summed E-state index contributed by atoms with van der Waals surface area (Å²) in [6.45, 7) is 3.18. The van der Waals surface area contributed by atoms with Gasteiger partial charge in [-0.25, -0.2) is 4.98 Å². The maximum Gasteiger partial charge on any atom is 0.165 e. The first kappa shape index (κ1) is 12.6. The number of fused-ring (bicyclic) bond motifs is 1. The van der Waals surface area contributed by atoms with Crippen LogP contribution in [-0.4, -0.2) is 17.6 Å². The summed E-state index contributed by atoms with van der Waals surface area (Å²) < 4.78 is 5.60. The Kier molecular flexibility index (Phi) is 3.15. The van der Waals surface area contributed by atoms with Gasteiger partial charge in [-0.15, -0.1) is 11.3 Å². The van der Waals surface area contributed by atoms with Gasteiger partial charge in [0.1, 0.15) is 0 Å². The van der Waals surface area contributed by atoms with Gasteiger partial charge in [-0.1, -0.05) is 0 Å². The molecule has 1 atom stereocenters. The van der Waals surface area contributed by atoms with Gasteiger partial charge in [-0.05, 0) is 50.7 Å². The first-order chi connectivity index (χ1) is 9.81. The fraction of sp³-hybridized carbons (Fsp3) is 0.562. The van der Waals surface area contributed by atoms with E-state index < -0.39 is 0 Å². The third kappa shape index (κ3) is 2.31. The summed E-state index contributed by atoms with van der Waals surface area (Å²) >= 11 is 1.83. The van der Waals surface area contributed by atoms with E-state index in [0.717, 1.165) is 23.4 Å². The SMILES string of the molecule is Cc1ccoc1-c1nc2c(s1)CCCC2CNC1CC1. The molecule has 0 amide bonds. The van der Waals surface area contributed by atoms with Crippen molar-refractivity contribution in [2.75, 3.05) is 6.54 Å². The zero-order chi connectivity index (χ0) is 13.5. The van der Waals surface area contributed by atoms with Gasteiger partial charge in [0, 0.05) is 23.4 Å². The van der Waals surface area contributed by atoms with Crippen molar-refractivity contribution < 1.29 is 4.42 Å². The van der Waals surface area contributed by atoms with Crippen molar-refractivity contribution in [2.24, 2.45) is 0 Å². The zero-order valence-electron chi connectivity index (χ0n) is 11.8. The number of furan rings is 1. The highest BCUT2D eigenvalue weighted by Gasteiger charge is 2.28. The molecule has 20 heavy (non-hydrogen) atoms. The summed E-state index contributed by atoms with van der Waals surface area (Å²) in [6, 6.07) is 2.80. The topological polar surface area (TPSA) is 38.1 Å². The van der Waals surface area contributed by atoms with Gasteiger partial charge < -0.3 is 9.73 Å². The first-order valence-corrected chi connectivity index (χ1v) is 8.40. The van der Waals surface area contributed by atoms with E-state index in [0.29, 0.717) is 5.92 Å². The minimum atomic E-state index is 0.597. The Bertz CT molecular complexity index is 612. The molecule has 0 saturated heterocycles. The molecule has 3 nitrogen and oxygen atoms in total. The van der Waals surface area contributed by atoms with Crippen LogP contribution in [0, 0.1) is 6.92 Å². The van der Waals surface area contributed by atoms with Gasteiger partial charge in [-0.2, -0.15) is 0 Å². The number of nitrogens with zero attached hydrogens (tertiary/aromatic N) is 1. The van der Waals surface area contributed by atoms with Crippen LogP contribution in [0.2, 0.25) is 0 Å². The quantitative estimate of drug-likeness (QED) is 0.927. The first-order valence-electron chi connectivity index (χ1n) is 7.58. The van der Waals surface area contributed by atoms with Gasteiger partial charge >= 0.3 is 0 Å². The van der Waals surface area contributed by atoms with Crippen LogP contribution >= 0.6 is 11.3 Å². The van der Waals surface area contributed by atoms with Gasteiger partial charge in [-0.3, -0.25) is 0 Å². The Morgan fingerprint density at radius 2 is 2.30 bits per heavy atom. The van der Waals surface area contributed by atoms with Crippen molar-refractivity contribution in [2.45, 2.75) is 51.0 Å². The largest absolute Gasteiger partial charge is 0.462 e. The Labute approximate surface area is 123 Å². The highest BCUT2D eigenvalue weighted by molar-refractivity contribution is 7.15. The Morgan fingerprint density at radius 3 is 3.05 bits per heavy atom. The molecule has 1 fully saturated rings. The normalized spacial score (nSPS) is 21.9. The lowest BCUT2D eigenvalue weighted by Gasteiger charge is -2.21. The number of hydrogen-bond donors (Lipinski definition) is 1. The van der Waals surface area contributed by atoms with Crippen LogP contribution in [0.25, 0.3) is 10.8 Å². The number of hydrogen-bond acceptors (Lipinski definition) is 4. The van der Waals surface area contributed by atoms with E-state index in [1.807, 2.05) is 17.4 Å². The molecule has 1 unspecified atom stereocenters. The highest BCUT2D eigenvalue weighted by Crippen LogP contribution is 2.39. The highest BCUT2D eigenvalue weighted by atomic mass is 32.1. The summed E-state index contributed by atoms with van der Waals surface area (Å²) in [4.78, 5) is 6.40. The molecule has 1 saturated carbocycles. The zero-order valence-corrected chi connectivity index (χ0v) is 12.6. The lowest BCUT2D eigenvalue weighted by Crippen LogP contribution is -2.25. The lowest BCUT2D eigenvalue weighted by atomic mass is 9.91. The molecule has 2 aromatic heterocycles. The standard InChI is InChI=1S/C16H20N2OS/c1-10-7-8-19-15(10)16-18-14-11(9-17-12-5-6-12)3-2-4-13(14)20-16/h7-8,11-12,17H,2-6,9H2,1H3. The summed E-state index contributed by atoms with van der Waals surface area (Å²) in [5, 5.41) is 4.73. The van der Waals surface area contributed by atoms with E-state index in [2.05, 4.69) is 12.2 Å². The van der Waals surface area contributed by atoms with E-state index in [9.17, 15) is 0 Å². The average Bonchev–Trinajstić information content (AvgIpc) is 3.01. The lowest BCUT2D eigenvalue weighted by molar-refractivity contribution is 0.500. The summed E-state index contributed by atoms with van der Waals surface area (Å²) in [5.74, 6) is 1.55. The second kappa shape index (κ2) is 5.01. The minimum Gasteiger partial charge on any atom is -0.462 e. The van der Waals surface area contributed by atoms with Crippen LogP contribution in [0.15, 0.2) is 16.7 Å². The van der Waals surface area contributed by atoms with Crippen molar-refractivity contribution in [3.8, 4) is 10.8 Å². The Hall–Kier alpha value is -1.13. The molecule has 2 heterocycles. The van der Waals surface area contributed by atoms with Crippen LogP contribution in [0.4, 0.5) is 0 Å². The average molecular weight is 288 g/mol. The third-order valence-electron chi connectivity index (χ3n) is 4.36.